The van der Waals surface area contributed by atoms with Crippen LogP contribution in [0.1, 0.15) is 24.3 Å². The molecule has 3 aromatic rings. The molecule has 2 aromatic carbocycles. The first-order chi connectivity index (χ1) is 14.9. The van der Waals surface area contributed by atoms with Crippen molar-refractivity contribution >= 4 is 16.0 Å². The fourth-order valence-electron chi connectivity index (χ4n) is 3.54. The fraction of sp³-hybridized carbons (Fsp3) is 0.273. The van der Waals surface area contributed by atoms with Crippen molar-refractivity contribution in [1.82, 2.24) is 9.29 Å². The van der Waals surface area contributed by atoms with Gasteiger partial charge in [0, 0.05) is 12.1 Å². The number of aromatic nitrogens is 1. The Hall–Kier alpha value is -3.17. The molecule has 4 rings (SSSR count). The standard InChI is InChI=1S/C22H22N2O6S/c1-15-19(23-21(30-15)16-6-3-2-4-7-16)14-29-17-9-11-18(12-10-17)31(27,28)24-13-5-8-20(24)22(25)26/h2-4,6-7,9-12,20H,5,8,13-14H2,1H3,(H,25,26). The van der Waals surface area contributed by atoms with Gasteiger partial charge in [-0.3, -0.25) is 4.79 Å². The number of hydrogen-bond acceptors (Lipinski definition) is 6. The molecule has 1 atom stereocenters. The van der Waals surface area contributed by atoms with E-state index in [-0.39, 0.29) is 18.0 Å². The van der Waals surface area contributed by atoms with Gasteiger partial charge in [-0.05, 0) is 56.2 Å². The molecule has 8 nitrogen and oxygen atoms in total. The summed E-state index contributed by atoms with van der Waals surface area (Å²) in [6.45, 7) is 2.18. The SMILES string of the molecule is Cc1oc(-c2ccccc2)nc1COc1ccc(S(=O)(=O)N2CCCC2C(=O)O)cc1. The van der Waals surface area contributed by atoms with Crippen LogP contribution < -0.4 is 4.74 Å². The minimum Gasteiger partial charge on any atom is -0.487 e. The zero-order valence-electron chi connectivity index (χ0n) is 16.9. The van der Waals surface area contributed by atoms with Gasteiger partial charge < -0.3 is 14.3 Å². The van der Waals surface area contributed by atoms with Crippen molar-refractivity contribution in [2.75, 3.05) is 6.54 Å². The number of oxazole rings is 1. The van der Waals surface area contributed by atoms with Gasteiger partial charge in [0.15, 0.2) is 0 Å². The Balaban J connectivity index is 1.45. The van der Waals surface area contributed by atoms with Gasteiger partial charge in [-0.2, -0.15) is 4.31 Å². The minimum atomic E-state index is -3.88. The minimum absolute atomic E-state index is 0.0389. The van der Waals surface area contributed by atoms with Crippen LogP contribution in [-0.2, 0) is 21.4 Å². The molecule has 1 aliphatic rings. The van der Waals surface area contributed by atoms with E-state index in [0.717, 1.165) is 9.87 Å². The lowest BCUT2D eigenvalue weighted by Crippen LogP contribution is -2.40. The average molecular weight is 442 g/mol. The highest BCUT2D eigenvalue weighted by Crippen LogP contribution is 2.28. The summed E-state index contributed by atoms with van der Waals surface area (Å²) in [7, 11) is -3.88. The number of rotatable bonds is 7. The van der Waals surface area contributed by atoms with Crippen molar-refractivity contribution in [3.05, 3.63) is 66.1 Å². The molecule has 0 saturated carbocycles. The molecular weight excluding hydrogens is 420 g/mol. The Bertz CT molecular complexity index is 1170. The summed E-state index contributed by atoms with van der Waals surface area (Å²) in [5.41, 5.74) is 1.52. The molecule has 0 spiro atoms. The van der Waals surface area contributed by atoms with Gasteiger partial charge in [-0.15, -0.1) is 0 Å². The van der Waals surface area contributed by atoms with E-state index in [2.05, 4.69) is 4.98 Å². The lowest BCUT2D eigenvalue weighted by atomic mass is 10.2. The molecule has 1 saturated heterocycles. The second-order valence-corrected chi connectivity index (χ2v) is 9.15. The van der Waals surface area contributed by atoms with Gasteiger partial charge in [0.05, 0.1) is 4.90 Å². The fourth-order valence-corrected chi connectivity index (χ4v) is 5.19. The lowest BCUT2D eigenvalue weighted by Gasteiger charge is -2.21. The first-order valence-electron chi connectivity index (χ1n) is 9.85. The van der Waals surface area contributed by atoms with Crippen molar-refractivity contribution in [2.24, 2.45) is 0 Å². The van der Waals surface area contributed by atoms with E-state index in [4.69, 9.17) is 9.15 Å². The largest absolute Gasteiger partial charge is 0.487 e. The van der Waals surface area contributed by atoms with Crippen LogP contribution in [-0.4, -0.2) is 41.4 Å². The number of nitrogens with zero attached hydrogens (tertiary/aromatic N) is 2. The molecule has 31 heavy (non-hydrogen) atoms. The van der Waals surface area contributed by atoms with E-state index in [1.54, 1.807) is 12.1 Å². The number of ether oxygens (including phenoxy) is 1. The van der Waals surface area contributed by atoms with Crippen molar-refractivity contribution in [2.45, 2.75) is 37.3 Å². The van der Waals surface area contributed by atoms with Crippen LogP contribution in [0, 0.1) is 6.92 Å². The third-order valence-electron chi connectivity index (χ3n) is 5.21. The second-order valence-electron chi connectivity index (χ2n) is 7.26. The summed E-state index contributed by atoms with van der Waals surface area (Å²) in [6, 6.07) is 14.5. The number of carboxylic acid groups (broad SMARTS) is 1. The molecule has 1 unspecified atom stereocenters. The predicted octanol–water partition coefficient (Wildman–Crippen LogP) is 3.47. The van der Waals surface area contributed by atoms with Gasteiger partial charge in [0.1, 0.15) is 29.9 Å². The molecule has 9 heteroatoms. The Morgan fingerprint density at radius 2 is 1.90 bits per heavy atom. The number of aliphatic carboxylic acids is 1. The Labute approximate surface area is 180 Å². The van der Waals surface area contributed by atoms with Crippen LogP contribution in [0.4, 0.5) is 0 Å². The van der Waals surface area contributed by atoms with Crippen molar-refractivity contribution < 1.29 is 27.5 Å². The molecule has 162 valence electrons. The molecule has 0 bridgehead atoms. The number of carboxylic acids is 1. The van der Waals surface area contributed by atoms with Crippen LogP contribution in [0.15, 0.2) is 63.9 Å². The van der Waals surface area contributed by atoms with Gasteiger partial charge >= 0.3 is 5.97 Å². The third-order valence-corrected chi connectivity index (χ3v) is 7.13. The molecule has 1 aromatic heterocycles. The van der Waals surface area contributed by atoms with Crippen LogP contribution in [0.3, 0.4) is 0 Å². The summed E-state index contributed by atoms with van der Waals surface area (Å²) in [6.07, 6.45) is 0.844. The first kappa shape index (κ1) is 21.1. The van der Waals surface area contributed by atoms with Gasteiger partial charge in [-0.1, -0.05) is 18.2 Å². The maximum absolute atomic E-state index is 12.8. The number of carbonyl (C=O) groups is 1. The molecule has 1 aliphatic heterocycles. The van der Waals surface area contributed by atoms with Gasteiger partial charge in [0.2, 0.25) is 15.9 Å². The van der Waals surface area contributed by atoms with E-state index in [9.17, 15) is 18.3 Å². The smallest absolute Gasteiger partial charge is 0.322 e. The van der Waals surface area contributed by atoms with Crippen LogP contribution in [0.25, 0.3) is 11.5 Å². The van der Waals surface area contributed by atoms with Crippen molar-refractivity contribution in [1.29, 1.82) is 0 Å². The summed E-state index contributed by atoms with van der Waals surface area (Å²) in [5.74, 6) is 0.501. The normalized spacial score (nSPS) is 17.0. The summed E-state index contributed by atoms with van der Waals surface area (Å²) < 4.78 is 38.2. The number of hydrogen-bond donors (Lipinski definition) is 1. The van der Waals surface area contributed by atoms with E-state index in [1.807, 2.05) is 37.3 Å². The Morgan fingerprint density at radius 1 is 1.19 bits per heavy atom. The van der Waals surface area contributed by atoms with Gasteiger partial charge in [-0.25, -0.2) is 13.4 Å². The topological polar surface area (TPSA) is 110 Å². The number of sulfonamides is 1. The highest BCUT2D eigenvalue weighted by Gasteiger charge is 2.39. The molecule has 2 heterocycles. The molecular formula is C22H22N2O6S. The molecule has 1 fully saturated rings. The number of aryl methyl sites for hydroxylation is 1. The maximum Gasteiger partial charge on any atom is 0.322 e. The second kappa shape index (κ2) is 8.52. The van der Waals surface area contributed by atoms with Crippen LogP contribution >= 0.6 is 0 Å². The number of benzene rings is 2. The third kappa shape index (κ3) is 4.33. The molecule has 0 aliphatic carbocycles. The molecule has 1 N–H and O–H groups in total. The first-order valence-corrected chi connectivity index (χ1v) is 11.3. The van der Waals surface area contributed by atoms with E-state index in [0.29, 0.717) is 35.9 Å². The summed E-state index contributed by atoms with van der Waals surface area (Å²) >= 11 is 0. The maximum atomic E-state index is 12.8. The van der Waals surface area contributed by atoms with E-state index < -0.39 is 22.0 Å². The lowest BCUT2D eigenvalue weighted by molar-refractivity contribution is -0.140. The average Bonchev–Trinajstić information content (AvgIpc) is 3.41. The van der Waals surface area contributed by atoms with Crippen molar-refractivity contribution in [3.63, 3.8) is 0 Å². The van der Waals surface area contributed by atoms with E-state index in [1.165, 1.54) is 12.1 Å². The highest BCUT2D eigenvalue weighted by molar-refractivity contribution is 7.89. The molecule has 0 amide bonds. The van der Waals surface area contributed by atoms with Gasteiger partial charge in [0.25, 0.3) is 0 Å². The summed E-state index contributed by atoms with van der Waals surface area (Å²) in [5, 5.41) is 9.27. The monoisotopic (exact) mass is 442 g/mol. The highest BCUT2D eigenvalue weighted by atomic mass is 32.2. The van der Waals surface area contributed by atoms with E-state index >= 15 is 0 Å². The quantitative estimate of drug-likeness (QED) is 0.597. The Morgan fingerprint density at radius 3 is 2.58 bits per heavy atom. The van der Waals surface area contributed by atoms with Crippen LogP contribution in [0.2, 0.25) is 0 Å². The van der Waals surface area contributed by atoms with Crippen molar-refractivity contribution in [3.8, 4) is 17.2 Å². The molecule has 0 radical (unpaired) electrons. The Kier molecular flexibility index (Phi) is 5.79. The summed E-state index contributed by atoms with van der Waals surface area (Å²) in [4.78, 5) is 15.9. The van der Waals surface area contributed by atoms with Crippen LogP contribution in [0.5, 0.6) is 5.75 Å². The predicted molar refractivity (Wildman–Crippen MR) is 112 cm³/mol. The zero-order chi connectivity index (χ0) is 22.0. The zero-order valence-corrected chi connectivity index (χ0v) is 17.7.